The van der Waals surface area contributed by atoms with Gasteiger partial charge in [0.25, 0.3) is 0 Å². The summed E-state index contributed by atoms with van der Waals surface area (Å²) in [6.07, 6.45) is 1.24. The molecule has 1 heterocycles. The number of thioether (sulfide) groups is 1. The number of ether oxygens (including phenoxy) is 1. The van der Waals surface area contributed by atoms with Crippen molar-refractivity contribution in [2.75, 3.05) is 17.7 Å². The van der Waals surface area contributed by atoms with E-state index < -0.39 is 0 Å². The zero-order valence-corrected chi connectivity index (χ0v) is 11.6. The third kappa shape index (κ3) is 3.98. The normalized spacial score (nSPS) is 21.9. The second-order valence-corrected chi connectivity index (χ2v) is 5.68. The third-order valence-electron chi connectivity index (χ3n) is 3.03. The van der Waals surface area contributed by atoms with Crippen LogP contribution >= 0.6 is 11.8 Å². The molecule has 1 fully saturated rings. The Labute approximate surface area is 117 Å². The molecule has 1 N–H and O–H groups in total. The molecule has 2 atom stereocenters. The summed E-state index contributed by atoms with van der Waals surface area (Å²) in [4.78, 5) is 11.8. The van der Waals surface area contributed by atoms with E-state index in [1.807, 2.05) is 13.0 Å². The molecule has 1 amide bonds. The second kappa shape index (κ2) is 6.60. The Balaban J connectivity index is 1.79. The monoisotopic (exact) mass is 276 g/mol. The fourth-order valence-electron chi connectivity index (χ4n) is 1.94. The van der Waals surface area contributed by atoms with E-state index in [0.29, 0.717) is 16.6 Å². The van der Waals surface area contributed by atoms with Gasteiger partial charge < -0.3 is 10.1 Å². The van der Waals surface area contributed by atoms with Crippen LogP contribution in [0.25, 0.3) is 0 Å². The number of hydrogen-bond donors (Lipinski definition) is 1. The van der Waals surface area contributed by atoms with Crippen LogP contribution in [0.3, 0.4) is 0 Å². The fraction of sp³-hybridized carbons (Fsp3) is 0.429. The molecule has 0 aromatic heterocycles. The maximum absolute atomic E-state index is 11.8. The topological polar surface area (TPSA) is 62.1 Å². The van der Waals surface area contributed by atoms with Gasteiger partial charge in [-0.3, -0.25) is 4.79 Å². The fourth-order valence-corrected chi connectivity index (χ4v) is 2.99. The van der Waals surface area contributed by atoms with E-state index in [9.17, 15) is 4.79 Å². The van der Waals surface area contributed by atoms with Gasteiger partial charge in [-0.15, -0.1) is 11.8 Å². The van der Waals surface area contributed by atoms with E-state index in [1.165, 1.54) is 0 Å². The van der Waals surface area contributed by atoms with Crippen molar-refractivity contribution in [2.24, 2.45) is 0 Å². The van der Waals surface area contributed by atoms with Crippen LogP contribution < -0.4 is 5.32 Å². The van der Waals surface area contributed by atoms with E-state index in [-0.39, 0.29) is 12.0 Å². The van der Waals surface area contributed by atoms with Gasteiger partial charge in [0.2, 0.25) is 5.91 Å². The molecule has 100 valence electrons. The van der Waals surface area contributed by atoms with Crippen molar-refractivity contribution in [1.82, 2.24) is 0 Å². The molecule has 1 saturated heterocycles. The van der Waals surface area contributed by atoms with Gasteiger partial charge in [-0.1, -0.05) is 0 Å². The van der Waals surface area contributed by atoms with Gasteiger partial charge in [-0.2, -0.15) is 5.26 Å². The van der Waals surface area contributed by atoms with E-state index in [2.05, 4.69) is 5.32 Å². The standard InChI is InChI=1S/C14H16N2O2S/c1-10-13(6-7-18-10)19-9-14(17)16-12-4-2-11(8-15)3-5-12/h2-5,10,13H,6-7,9H2,1H3,(H,16,17). The van der Waals surface area contributed by atoms with Gasteiger partial charge >= 0.3 is 0 Å². The number of nitriles is 1. The van der Waals surface area contributed by atoms with Gasteiger partial charge in [0.1, 0.15) is 0 Å². The Kier molecular flexibility index (Phi) is 4.83. The highest BCUT2D eigenvalue weighted by atomic mass is 32.2. The van der Waals surface area contributed by atoms with Crippen LogP contribution in [0.2, 0.25) is 0 Å². The highest BCUT2D eigenvalue weighted by molar-refractivity contribution is 8.00. The van der Waals surface area contributed by atoms with Gasteiger partial charge in [-0.25, -0.2) is 0 Å². The number of carbonyl (C=O) groups is 1. The highest BCUT2D eigenvalue weighted by Gasteiger charge is 2.25. The molecule has 4 nitrogen and oxygen atoms in total. The van der Waals surface area contributed by atoms with Crippen LogP contribution in [-0.4, -0.2) is 29.6 Å². The van der Waals surface area contributed by atoms with Crippen molar-refractivity contribution in [3.63, 3.8) is 0 Å². The van der Waals surface area contributed by atoms with Crippen molar-refractivity contribution in [3.8, 4) is 6.07 Å². The minimum Gasteiger partial charge on any atom is -0.377 e. The summed E-state index contributed by atoms with van der Waals surface area (Å²) in [5, 5.41) is 11.9. The summed E-state index contributed by atoms with van der Waals surface area (Å²) in [6, 6.07) is 8.90. The number of rotatable bonds is 4. The largest absolute Gasteiger partial charge is 0.377 e. The van der Waals surface area contributed by atoms with Crippen LogP contribution in [0.1, 0.15) is 18.9 Å². The summed E-state index contributed by atoms with van der Waals surface area (Å²) < 4.78 is 5.46. The first-order chi connectivity index (χ1) is 9.19. The lowest BCUT2D eigenvalue weighted by Crippen LogP contribution is -2.19. The summed E-state index contributed by atoms with van der Waals surface area (Å²) in [7, 11) is 0. The quantitative estimate of drug-likeness (QED) is 0.917. The van der Waals surface area contributed by atoms with Gasteiger partial charge in [0.15, 0.2) is 0 Å². The minimum atomic E-state index is -0.0196. The van der Waals surface area contributed by atoms with Crippen LogP contribution in [0.5, 0.6) is 0 Å². The van der Waals surface area contributed by atoms with Crippen molar-refractivity contribution in [2.45, 2.75) is 24.7 Å². The van der Waals surface area contributed by atoms with Crippen molar-refractivity contribution in [3.05, 3.63) is 29.8 Å². The van der Waals surface area contributed by atoms with Gasteiger partial charge in [0.05, 0.1) is 23.5 Å². The molecule has 19 heavy (non-hydrogen) atoms. The lowest BCUT2D eigenvalue weighted by atomic mass is 10.2. The summed E-state index contributed by atoms with van der Waals surface area (Å²) in [6.45, 7) is 2.83. The predicted octanol–water partition coefficient (Wildman–Crippen LogP) is 2.41. The van der Waals surface area contributed by atoms with Crippen molar-refractivity contribution < 1.29 is 9.53 Å². The zero-order valence-electron chi connectivity index (χ0n) is 10.8. The summed E-state index contributed by atoms with van der Waals surface area (Å²) in [5.74, 6) is 0.409. The Bertz CT molecular complexity index is 481. The molecule has 0 aliphatic carbocycles. The molecule has 0 radical (unpaired) electrons. The predicted molar refractivity (Wildman–Crippen MR) is 76.1 cm³/mol. The molecule has 2 rings (SSSR count). The summed E-state index contributed by atoms with van der Waals surface area (Å²) in [5.41, 5.74) is 1.31. The highest BCUT2D eigenvalue weighted by Crippen LogP contribution is 2.26. The number of nitrogens with one attached hydrogen (secondary N) is 1. The first-order valence-corrected chi connectivity index (χ1v) is 7.27. The van der Waals surface area contributed by atoms with Gasteiger partial charge in [-0.05, 0) is 37.6 Å². The Morgan fingerprint density at radius 1 is 1.53 bits per heavy atom. The number of amides is 1. The van der Waals surface area contributed by atoms with Crippen molar-refractivity contribution in [1.29, 1.82) is 5.26 Å². The maximum atomic E-state index is 11.8. The molecule has 1 aromatic rings. The lowest BCUT2D eigenvalue weighted by Gasteiger charge is -2.13. The van der Waals surface area contributed by atoms with E-state index in [1.54, 1.807) is 36.0 Å². The van der Waals surface area contributed by atoms with Crippen LogP contribution in [0.15, 0.2) is 24.3 Å². The Morgan fingerprint density at radius 2 is 2.26 bits per heavy atom. The Morgan fingerprint density at radius 3 is 2.84 bits per heavy atom. The van der Waals surface area contributed by atoms with Crippen LogP contribution in [0.4, 0.5) is 5.69 Å². The van der Waals surface area contributed by atoms with E-state index in [0.717, 1.165) is 18.7 Å². The first kappa shape index (κ1) is 13.9. The minimum absolute atomic E-state index is 0.0196. The van der Waals surface area contributed by atoms with Crippen molar-refractivity contribution >= 4 is 23.4 Å². The smallest absolute Gasteiger partial charge is 0.234 e. The molecule has 1 aliphatic heterocycles. The first-order valence-electron chi connectivity index (χ1n) is 6.22. The number of anilines is 1. The second-order valence-electron chi connectivity index (χ2n) is 4.45. The molecule has 5 heteroatoms. The lowest BCUT2D eigenvalue weighted by molar-refractivity contribution is -0.113. The third-order valence-corrected chi connectivity index (χ3v) is 4.51. The van der Waals surface area contributed by atoms with E-state index >= 15 is 0 Å². The zero-order chi connectivity index (χ0) is 13.7. The average Bonchev–Trinajstić information content (AvgIpc) is 2.83. The molecule has 0 spiro atoms. The van der Waals surface area contributed by atoms with Crippen LogP contribution in [-0.2, 0) is 9.53 Å². The average molecular weight is 276 g/mol. The SMILES string of the molecule is CC1OCCC1SCC(=O)Nc1ccc(C#N)cc1. The number of hydrogen-bond acceptors (Lipinski definition) is 4. The number of nitrogens with zero attached hydrogens (tertiary/aromatic N) is 1. The summed E-state index contributed by atoms with van der Waals surface area (Å²) >= 11 is 1.64. The van der Waals surface area contributed by atoms with Crippen LogP contribution in [0, 0.1) is 11.3 Å². The maximum Gasteiger partial charge on any atom is 0.234 e. The molecule has 1 aliphatic rings. The molecule has 2 unspecified atom stereocenters. The Hall–Kier alpha value is -1.51. The molecular weight excluding hydrogens is 260 g/mol. The molecular formula is C14H16N2O2S. The molecule has 1 aromatic carbocycles. The molecule has 0 bridgehead atoms. The number of benzene rings is 1. The number of carbonyl (C=O) groups excluding carboxylic acids is 1. The van der Waals surface area contributed by atoms with Gasteiger partial charge in [0, 0.05) is 17.5 Å². The van der Waals surface area contributed by atoms with E-state index in [4.69, 9.17) is 10.00 Å². The molecule has 0 saturated carbocycles.